The number of hydrogen-bond donors (Lipinski definition) is 0. The normalized spacial score (nSPS) is 9.96. The van der Waals surface area contributed by atoms with Crippen LogP contribution in [-0.2, 0) is 11.3 Å². The van der Waals surface area contributed by atoms with Crippen molar-refractivity contribution < 1.29 is 9.53 Å². The SMILES string of the molecule is N#Cc1ccc(COC(=O)c2ccc(-c3ccccc3)cc2)cc1. The maximum atomic E-state index is 12.1. The molecule has 0 radical (unpaired) electrons. The largest absolute Gasteiger partial charge is 0.457 e. The monoisotopic (exact) mass is 313 g/mol. The molecular weight excluding hydrogens is 298 g/mol. The molecule has 0 spiro atoms. The van der Waals surface area contributed by atoms with E-state index < -0.39 is 0 Å². The number of benzene rings is 3. The van der Waals surface area contributed by atoms with Gasteiger partial charge in [-0.1, -0.05) is 54.6 Å². The summed E-state index contributed by atoms with van der Waals surface area (Å²) in [5, 5.41) is 8.76. The zero-order valence-electron chi connectivity index (χ0n) is 13.0. The van der Waals surface area contributed by atoms with Crippen LogP contribution < -0.4 is 0 Å². The van der Waals surface area contributed by atoms with Crippen LogP contribution in [0.3, 0.4) is 0 Å². The van der Waals surface area contributed by atoms with E-state index in [0.717, 1.165) is 16.7 Å². The van der Waals surface area contributed by atoms with Gasteiger partial charge in [-0.2, -0.15) is 5.26 Å². The molecule has 3 aromatic carbocycles. The lowest BCUT2D eigenvalue weighted by Crippen LogP contribution is -2.05. The Morgan fingerprint density at radius 2 is 1.46 bits per heavy atom. The Balaban J connectivity index is 1.63. The lowest BCUT2D eigenvalue weighted by Gasteiger charge is -2.06. The van der Waals surface area contributed by atoms with Gasteiger partial charge in [0.05, 0.1) is 17.2 Å². The fraction of sp³-hybridized carbons (Fsp3) is 0.0476. The number of rotatable bonds is 4. The molecule has 0 aliphatic heterocycles. The van der Waals surface area contributed by atoms with E-state index in [1.165, 1.54) is 0 Å². The molecule has 0 N–H and O–H groups in total. The van der Waals surface area contributed by atoms with Crippen LogP contribution >= 0.6 is 0 Å². The number of carbonyl (C=O) groups excluding carboxylic acids is 1. The predicted octanol–water partition coefficient (Wildman–Crippen LogP) is 4.58. The molecule has 0 atom stereocenters. The third-order valence-electron chi connectivity index (χ3n) is 3.68. The van der Waals surface area contributed by atoms with Crippen LogP contribution in [0.4, 0.5) is 0 Å². The second kappa shape index (κ2) is 7.26. The van der Waals surface area contributed by atoms with Crippen LogP contribution in [0.5, 0.6) is 0 Å². The van der Waals surface area contributed by atoms with Gasteiger partial charge in [-0.05, 0) is 41.0 Å². The fourth-order valence-electron chi connectivity index (χ4n) is 2.34. The maximum Gasteiger partial charge on any atom is 0.338 e. The van der Waals surface area contributed by atoms with Gasteiger partial charge in [-0.15, -0.1) is 0 Å². The molecule has 24 heavy (non-hydrogen) atoms. The summed E-state index contributed by atoms with van der Waals surface area (Å²) in [6.07, 6.45) is 0. The molecule has 0 saturated carbocycles. The van der Waals surface area contributed by atoms with E-state index in [0.29, 0.717) is 11.1 Å². The lowest BCUT2D eigenvalue weighted by molar-refractivity contribution is 0.0473. The van der Waals surface area contributed by atoms with Crippen molar-refractivity contribution in [2.24, 2.45) is 0 Å². The van der Waals surface area contributed by atoms with Crippen molar-refractivity contribution in [3.63, 3.8) is 0 Å². The van der Waals surface area contributed by atoms with E-state index in [-0.39, 0.29) is 12.6 Å². The first kappa shape index (κ1) is 15.5. The molecule has 0 aliphatic rings. The number of nitrogens with zero attached hydrogens (tertiary/aromatic N) is 1. The quantitative estimate of drug-likeness (QED) is 0.662. The van der Waals surface area contributed by atoms with E-state index in [9.17, 15) is 4.79 Å². The Morgan fingerprint density at radius 1 is 0.833 bits per heavy atom. The molecule has 3 rings (SSSR count). The summed E-state index contributed by atoms with van der Waals surface area (Å²) in [5.74, 6) is -0.362. The summed E-state index contributed by atoms with van der Waals surface area (Å²) in [6.45, 7) is 0.185. The van der Waals surface area contributed by atoms with Crippen LogP contribution in [0.15, 0.2) is 78.9 Å². The Hall–Kier alpha value is -3.38. The van der Waals surface area contributed by atoms with E-state index in [1.54, 1.807) is 36.4 Å². The minimum atomic E-state index is -0.362. The van der Waals surface area contributed by atoms with Crippen LogP contribution in [0.1, 0.15) is 21.5 Å². The number of hydrogen-bond acceptors (Lipinski definition) is 3. The molecule has 0 aromatic heterocycles. The highest BCUT2D eigenvalue weighted by Crippen LogP contribution is 2.19. The van der Waals surface area contributed by atoms with Crippen molar-refractivity contribution in [2.75, 3.05) is 0 Å². The van der Waals surface area contributed by atoms with E-state index in [2.05, 4.69) is 6.07 Å². The van der Waals surface area contributed by atoms with Gasteiger partial charge in [0, 0.05) is 0 Å². The van der Waals surface area contributed by atoms with E-state index in [1.807, 2.05) is 42.5 Å². The molecule has 0 bridgehead atoms. The maximum absolute atomic E-state index is 12.1. The van der Waals surface area contributed by atoms with Gasteiger partial charge in [0.2, 0.25) is 0 Å². The Bertz CT molecular complexity index is 860. The van der Waals surface area contributed by atoms with Crippen molar-refractivity contribution in [1.82, 2.24) is 0 Å². The molecule has 0 heterocycles. The second-order valence-electron chi connectivity index (χ2n) is 5.33. The predicted molar refractivity (Wildman–Crippen MR) is 92.2 cm³/mol. The van der Waals surface area contributed by atoms with Crippen molar-refractivity contribution in [1.29, 1.82) is 5.26 Å². The van der Waals surface area contributed by atoms with Crippen LogP contribution in [0, 0.1) is 11.3 Å². The first-order chi connectivity index (χ1) is 11.8. The zero-order chi connectivity index (χ0) is 16.8. The van der Waals surface area contributed by atoms with Crippen LogP contribution in [0.2, 0.25) is 0 Å². The topological polar surface area (TPSA) is 50.1 Å². The third-order valence-corrected chi connectivity index (χ3v) is 3.68. The fourth-order valence-corrected chi connectivity index (χ4v) is 2.34. The van der Waals surface area contributed by atoms with E-state index in [4.69, 9.17) is 10.00 Å². The van der Waals surface area contributed by atoms with Gasteiger partial charge in [-0.25, -0.2) is 4.79 Å². The Labute approximate surface area is 140 Å². The number of carbonyl (C=O) groups is 1. The van der Waals surface area contributed by atoms with Crippen LogP contribution in [-0.4, -0.2) is 5.97 Å². The average Bonchev–Trinajstić information content (AvgIpc) is 2.67. The second-order valence-corrected chi connectivity index (χ2v) is 5.33. The Morgan fingerprint density at radius 3 is 2.08 bits per heavy atom. The summed E-state index contributed by atoms with van der Waals surface area (Å²) in [7, 11) is 0. The van der Waals surface area contributed by atoms with Crippen molar-refractivity contribution in [3.8, 4) is 17.2 Å². The minimum Gasteiger partial charge on any atom is -0.457 e. The van der Waals surface area contributed by atoms with Crippen LogP contribution in [0.25, 0.3) is 11.1 Å². The highest BCUT2D eigenvalue weighted by Gasteiger charge is 2.08. The molecule has 3 heteroatoms. The number of nitriles is 1. The first-order valence-corrected chi connectivity index (χ1v) is 7.58. The molecular formula is C21H15NO2. The summed E-state index contributed by atoms with van der Waals surface area (Å²) >= 11 is 0. The molecule has 116 valence electrons. The standard InChI is InChI=1S/C21H15NO2/c22-14-16-6-8-17(9-7-16)15-24-21(23)20-12-10-19(11-13-20)18-4-2-1-3-5-18/h1-13H,15H2. The summed E-state index contributed by atoms with van der Waals surface area (Å²) in [6, 6.07) is 26.4. The van der Waals surface area contributed by atoms with Crippen molar-refractivity contribution in [3.05, 3.63) is 95.6 Å². The molecule has 0 fully saturated rings. The smallest absolute Gasteiger partial charge is 0.338 e. The first-order valence-electron chi connectivity index (χ1n) is 7.58. The molecule has 3 nitrogen and oxygen atoms in total. The molecule has 3 aromatic rings. The number of esters is 1. The lowest BCUT2D eigenvalue weighted by atomic mass is 10.0. The van der Waals surface area contributed by atoms with Gasteiger partial charge in [0.1, 0.15) is 6.61 Å². The highest BCUT2D eigenvalue weighted by atomic mass is 16.5. The zero-order valence-corrected chi connectivity index (χ0v) is 13.0. The van der Waals surface area contributed by atoms with Gasteiger partial charge >= 0.3 is 5.97 Å². The molecule has 0 aliphatic carbocycles. The summed E-state index contributed by atoms with van der Waals surface area (Å²) in [4.78, 5) is 12.1. The van der Waals surface area contributed by atoms with Crippen molar-refractivity contribution in [2.45, 2.75) is 6.61 Å². The molecule has 0 unspecified atom stereocenters. The summed E-state index contributed by atoms with van der Waals surface area (Å²) < 4.78 is 5.31. The average molecular weight is 313 g/mol. The highest BCUT2D eigenvalue weighted by molar-refractivity contribution is 5.90. The number of ether oxygens (including phenoxy) is 1. The summed E-state index contributed by atoms with van der Waals surface area (Å²) in [5.41, 5.74) is 4.11. The van der Waals surface area contributed by atoms with Gasteiger partial charge in [0.25, 0.3) is 0 Å². The third kappa shape index (κ3) is 3.68. The Kier molecular flexibility index (Phi) is 4.69. The van der Waals surface area contributed by atoms with Gasteiger partial charge < -0.3 is 4.74 Å². The molecule has 0 saturated heterocycles. The van der Waals surface area contributed by atoms with Gasteiger partial charge in [-0.3, -0.25) is 0 Å². The molecule has 0 amide bonds. The van der Waals surface area contributed by atoms with Gasteiger partial charge in [0.15, 0.2) is 0 Å². The van der Waals surface area contributed by atoms with E-state index >= 15 is 0 Å². The minimum absolute atomic E-state index is 0.185. The van der Waals surface area contributed by atoms with Crippen molar-refractivity contribution >= 4 is 5.97 Å².